The number of hydrogen-bond acceptors (Lipinski definition) is 2. The SMILES string of the molecule is CC1CC(C(C)(C)C)=Cc2c1n(-c1ccccc1S(=O)(=O)c1ccccc1-n1c3ccc(C(C)(C)C)cc3c3cc(C(C)(C)C)ccc31)c1ccc(C(C)(C)C)cc21. The van der Waals surface area contributed by atoms with Crippen molar-refractivity contribution >= 4 is 48.6 Å². The molecule has 2 aromatic heterocycles. The Morgan fingerprint density at radius 2 is 0.897 bits per heavy atom. The van der Waals surface area contributed by atoms with Gasteiger partial charge in [0.05, 0.1) is 37.7 Å². The van der Waals surface area contributed by atoms with Gasteiger partial charge in [-0.15, -0.1) is 0 Å². The molecule has 2 heterocycles. The van der Waals surface area contributed by atoms with Crippen LogP contribution in [-0.4, -0.2) is 17.6 Å². The molecule has 0 fully saturated rings. The van der Waals surface area contributed by atoms with Crippen molar-refractivity contribution in [1.82, 2.24) is 9.13 Å². The van der Waals surface area contributed by atoms with E-state index in [1.165, 1.54) is 27.8 Å². The second-order valence-corrected chi connectivity index (χ2v) is 22.8. The fraction of sp³-hybridized carbons (Fsp3) is 0.358. The number of nitrogens with zero attached hydrogens (tertiary/aromatic N) is 2. The number of allylic oxidation sites excluding steroid dienone is 1. The van der Waals surface area contributed by atoms with Gasteiger partial charge in [-0.05, 0) is 105 Å². The third kappa shape index (κ3) is 6.54. The molecule has 0 N–H and O–H groups in total. The lowest BCUT2D eigenvalue weighted by atomic mass is 9.76. The van der Waals surface area contributed by atoms with Gasteiger partial charge >= 0.3 is 0 Å². The maximum absolute atomic E-state index is 15.6. The molecule has 0 amide bonds. The average molecular weight is 789 g/mol. The molecule has 0 saturated carbocycles. The minimum atomic E-state index is -4.09. The Hall–Kier alpha value is -4.87. The highest BCUT2D eigenvalue weighted by Crippen LogP contribution is 2.48. The predicted octanol–water partition coefficient (Wildman–Crippen LogP) is 14.4. The number of sulfone groups is 1. The van der Waals surface area contributed by atoms with Gasteiger partial charge in [-0.1, -0.05) is 144 Å². The molecule has 0 radical (unpaired) electrons. The van der Waals surface area contributed by atoms with Gasteiger partial charge in [0.15, 0.2) is 0 Å². The van der Waals surface area contributed by atoms with Gasteiger partial charge < -0.3 is 9.13 Å². The highest BCUT2D eigenvalue weighted by atomic mass is 32.2. The van der Waals surface area contributed by atoms with Crippen molar-refractivity contribution in [2.45, 2.75) is 128 Å². The summed E-state index contributed by atoms with van der Waals surface area (Å²) in [5.41, 5.74) is 11.7. The Morgan fingerprint density at radius 1 is 0.500 bits per heavy atom. The zero-order valence-corrected chi connectivity index (χ0v) is 37.6. The van der Waals surface area contributed by atoms with Crippen molar-refractivity contribution in [2.75, 3.05) is 0 Å². The van der Waals surface area contributed by atoms with E-state index in [2.05, 4.69) is 160 Å². The summed E-state index contributed by atoms with van der Waals surface area (Å²) < 4.78 is 35.7. The quantitative estimate of drug-likeness (QED) is 0.178. The number of fused-ring (bicyclic) bond motifs is 6. The van der Waals surface area contributed by atoms with E-state index in [0.717, 1.165) is 44.8 Å². The zero-order valence-electron chi connectivity index (χ0n) is 36.8. The van der Waals surface area contributed by atoms with Crippen LogP contribution in [0.3, 0.4) is 0 Å². The highest BCUT2D eigenvalue weighted by molar-refractivity contribution is 7.91. The largest absolute Gasteiger partial charge is 0.311 e. The van der Waals surface area contributed by atoms with Crippen LogP contribution < -0.4 is 0 Å². The first-order chi connectivity index (χ1) is 27.0. The Kier molecular flexibility index (Phi) is 9.17. The van der Waals surface area contributed by atoms with Gasteiger partial charge in [-0.25, -0.2) is 8.42 Å². The fourth-order valence-electron chi connectivity index (χ4n) is 8.95. The summed E-state index contributed by atoms with van der Waals surface area (Å²) in [4.78, 5) is 0.579. The van der Waals surface area contributed by atoms with Crippen LogP contribution in [0.5, 0.6) is 0 Å². The third-order valence-corrected chi connectivity index (χ3v) is 14.3. The monoisotopic (exact) mass is 788 g/mol. The fourth-order valence-corrected chi connectivity index (χ4v) is 10.6. The Balaban J connectivity index is 1.40. The summed E-state index contributed by atoms with van der Waals surface area (Å²) in [6.07, 6.45) is 3.31. The van der Waals surface area contributed by atoms with Gasteiger partial charge in [-0.2, -0.15) is 0 Å². The van der Waals surface area contributed by atoms with Gasteiger partial charge in [0.1, 0.15) is 0 Å². The summed E-state index contributed by atoms with van der Waals surface area (Å²) in [5.74, 6) is 0.177. The average Bonchev–Trinajstić information content (AvgIpc) is 3.65. The molecular weight excluding hydrogens is 729 g/mol. The van der Waals surface area contributed by atoms with Gasteiger partial charge in [-0.3, -0.25) is 0 Å². The van der Waals surface area contributed by atoms with Gasteiger partial charge in [0.2, 0.25) is 9.84 Å². The van der Waals surface area contributed by atoms with E-state index < -0.39 is 9.84 Å². The second-order valence-electron chi connectivity index (χ2n) is 20.9. The van der Waals surface area contributed by atoms with Crippen molar-refractivity contribution in [3.05, 3.63) is 137 Å². The molecule has 0 aliphatic heterocycles. The minimum Gasteiger partial charge on any atom is -0.311 e. The first-order valence-corrected chi connectivity index (χ1v) is 22.4. The van der Waals surface area contributed by atoms with Crippen LogP contribution in [0.2, 0.25) is 0 Å². The van der Waals surface area contributed by atoms with E-state index in [-0.39, 0.29) is 32.5 Å². The van der Waals surface area contributed by atoms with Crippen LogP contribution in [-0.2, 0) is 26.1 Å². The van der Waals surface area contributed by atoms with Crippen molar-refractivity contribution in [3.63, 3.8) is 0 Å². The van der Waals surface area contributed by atoms with E-state index in [4.69, 9.17) is 0 Å². The molecule has 1 aliphatic rings. The summed E-state index contributed by atoms with van der Waals surface area (Å²) in [6, 6.07) is 35.3. The van der Waals surface area contributed by atoms with Crippen molar-refractivity contribution in [3.8, 4) is 11.4 Å². The molecule has 58 heavy (non-hydrogen) atoms. The van der Waals surface area contributed by atoms with Crippen molar-refractivity contribution < 1.29 is 8.42 Å². The second kappa shape index (κ2) is 13.3. The van der Waals surface area contributed by atoms with E-state index >= 15 is 8.42 Å². The van der Waals surface area contributed by atoms with E-state index in [9.17, 15) is 0 Å². The van der Waals surface area contributed by atoms with Crippen LogP contribution in [0.1, 0.15) is 130 Å². The molecule has 1 atom stereocenters. The van der Waals surface area contributed by atoms with Crippen LogP contribution in [0.15, 0.2) is 118 Å². The molecule has 4 nitrogen and oxygen atoms in total. The van der Waals surface area contributed by atoms with E-state index in [1.54, 1.807) is 12.1 Å². The lowest BCUT2D eigenvalue weighted by Gasteiger charge is -2.31. The molecule has 0 spiro atoms. The maximum Gasteiger partial charge on any atom is 0.210 e. The number of benzene rings is 5. The molecule has 300 valence electrons. The van der Waals surface area contributed by atoms with Gasteiger partial charge in [0.25, 0.3) is 0 Å². The smallest absolute Gasteiger partial charge is 0.210 e. The van der Waals surface area contributed by atoms with Crippen molar-refractivity contribution in [1.29, 1.82) is 0 Å². The molecular formula is C53H60N2O2S. The summed E-state index contributed by atoms with van der Waals surface area (Å²) in [5, 5.41) is 3.41. The Morgan fingerprint density at radius 3 is 1.33 bits per heavy atom. The number of para-hydroxylation sites is 2. The standard InChI is InChI=1S/C53H60N2O2S/c1-33-28-37(53(11,12)13)32-41-40-31-36(52(8,9)10)24-27-44(40)55(49(33)41)46-19-15-17-21-48(46)58(56,57)47-20-16-14-18-45(47)54-42-25-22-34(50(2,3)4)29-38(42)39-30-35(51(5,6)7)23-26-43(39)54/h14-27,29-33H,28H2,1-13H3. The van der Waals surface area contributed by atoms with Crippen molar-refractivity contribution in [2.24, 2.45) is 5.41 Å². The van der Waals surface area contributed by atoms with E-state index in [1.807, 2.05) is 36.4 Å². The van der Waals surface area contributed by atoms with Gasteiger partial charge in [0, 0.05) is 33.3 Å². The lowest BCUT2D eigenvalue weighted by Crippen LogP contribution is -2.18. The molecule has 8 rings (SSSR count). The number of aromatic nitrogens is 2. The summed E-state index contributed by atoms with van der Waals surface area (Å²) >= 11 is 0. The third-order valence-electron chi connectivity index (χ3n) is 12.5. The predicted molar refractivity (Wildman–Crippen MR) is 246 cm³/mol. The van der Waals surface area contributed by atoms with Crippen LogP contribution in [0.4, 0.5) is 0 Å². The number of hydrogen-bond donors (Lipinski definition) is 0. The van der Waals surface area contributed by atoms with Crippen LogP contribution in [0.25, 0.3) is 50.2 Å². The molecule has 5 aromatic carbocycles. The summed E-state index contributed by atoms with van der Waals surface area (Å²) in [6.45, 7) is 29.3. The molecule has 1 unspecified atom stereocenters. The molecule has 0 bridgehead atoms. The Bertz CT molecular complexity index is 2850. The zero-order chi connectivity index (χ0) is 41.9. The Labute approximate surface area is 346 Å². The topological polar surface area (TPSA) is 44.0 Å². The molecule has 5 heteroatoms. The van der Waals surface area contributed by atoms with Crippen LogP contribution in [0, 0.1) is 5.41 Å². The molecule has 0 saturated heterocycles. The maximum atomic E-state index is 15.6. The highest BCUT2D eigenvalue weighted by Gasteiger charge is 2.34. The normalized spacial score (nSPS) is 15.7. The molecule has 1 aliphatic carbocycles. The molecule has 7 aromatic rings. The van der Waals surface area contributed by atoms with Crippen LogP contribution >= 0.6 is 0 Å². The first kappa shape index (κ1) is 39.9. The minimum absolute atomic E-state index is 0.0163. The lowest BCUT2D eigenvalue weighted by molar-refractivity contribution is 0.467. The first-order valence-electron chi connectivity index (χ1n) is 20.9. The summed E-state index contributed by atoms with van der Waals surface area (Å²) in [7, 11) is -4.09. The van der Waals surface area contributed by atoms with E-state index in [0.29, 0.717) is 16.3 Å². The number of rotatable bonds is 4.